The first-order chi connectivity index (χ1) is 8.31. The van der Waals surface area contributed by atoms with Gasteiger partial charge in [0.05, 0.1) is 0 Å². The standard InChI is InChI=1S/C14H15OS.2ClH.Ti/c1-2-11-15-13-9-5-6-10-14(13)16-12-7-3-4-8-12;;;/h3,5-7,9-10H,2,4,11H2,1H3;2*1H;/q;;;+2/p-2. The molecule has 19 heavy (non-hydrogen) atoms. The number of rotatable bonds is 5. The molecule has 0 radical (unpaired) electrons. The van der Waals surface area contributed by atoms with Crippen LogP contribution < -0.4 is 29.6 Å². The van der Waals surface area contributed by atoms with Crippen LogP contribution in [0.3, 0.4) is 0 Å². The van der Waals surface area contributed by atoms with Crippen LogP contribution in [0.15, 0.2) is 50.1 Å². The summed E-state index contributed by atoms with van der Waals surface area (Å²) in [4.78, 5) is 2.57. The molecule has 0 atom stereocenters. The van der Waals surface area contributed by atoms with Gasteiger partial charge in [0.15, 0.2) is 0 Å². The molecule has 0 N–H and O–H groups in total. The van der Waals surface area contributed by atoms with E-state index in [0.717, 1.165) is 25.2 Å². The summed E-state index contributed by atoms with van der Waals surface area (Å²) in [7, 11) is 0. The van der Waals surface area contributed by atoms with E-state index in [4.69, 9.17) is 4.74 Å². The first-order valence-corrected chi connectivity index (χ1v) is 7.42. The maximum Gasteiger partial charge on any atom is -1.00 e. The van der Waals surface area contributed by atoms with Gasteiger partial charge in [0, 0.05) is 0 Å². The van der Waals surface area contributed by atoms with Crippen LogP contribution >= 0.6 is 11.8 Å². The smallest absolute Gasteiger partial charge is 1.00 e. The van der Waals surface area contributed by atoms with E-state index < -0.39 is 0 Å². The summed E-state index contributed by atoms with van der Waals surface area (Å²) >= 11 is 4.00. The van der Waals surface area contributed by atoms with Crippen LogP contribution in [0.5, 0.6) is 5.75 Å². The van der Waals surface area contributed by atoms with Crippen LogP contribution in [0.1, 0.15) is 19.8 Å². The molecule has 0 fully saturated rings. The minimum absolute atomic E-state index is 0. The summed E-state index contributed by atoms with van der Waals surface area (Å²) in [5.74, 6) is 1.000. The van der Waals surface area contributed by atoms with Crippen LogP contribution in [0.25, 0.3) is 0 Å². The van der Waals surface area contributed by atoms with Gasteiger partial charge in [-0.15, -0.1) is 0 Å². The van der Waals surface area contributed by atoms with E-state index >= 15 is 0 Å². The van der Waals surface area contributed by atoms with E-state index in [1.54, 1.807) is 11.8 Å². The van der Waals surface area contributed by atoms with Crippen LogP contribution in [0, 0.1) is 0 Å². The van der Waals surface area contributed by atoms with E-state index in [-0.39, 0.29) is 24.8 Å². The maximum atomic E-state index is 5.76. The van der Waals surface area contributed by atoms with Crippen molar-refractivity contribution in [2.45, 2.75) is 24.7 Å². The van der Waals surface area contributed by atoms with E-state index in [1.807, 2.05) is 12.1 Å². The molecule has 0 bridgehead atoms. The van der Waals surface area contributed by atoms with Crippen molar-refractivity contribution < 1.29 is 50.0 Å². The fourth-order valence-electron chi connectivity index (χ4n) is 1.56. The number of benzene rings is 1. The molecule has 0 heterocycles. The molecule has 1 nitrogen and oxygen atoms in total. The second-order valence-electron chi connectivity index (χ2n) is 3.85. The molecule has 0 saturated carbocycles. The Labute approximate surface area is 143 Å². The number of allylic oxidation sites excluding steroid dienone is 3. The Hall–Kier alpha value is 0.144. The summed E-state index contributed by atoms with van der Waals surface area (Å²) in [5, 5.41) is 0. The van der Waals surface area contributed by atoms with Crippen molar-refractivity contribution in [3.05, 3.63) is 45.2 Å². The maximum absolute atomic E-state index is 5.76. The van der Waals surface area contributed by atoms with Crippen molar-refractivity contribution in [2.24, 2.45) is 0 Å². The molecule has 101 valence electrons. The van der Waals surface area contributed by atoms with Gasteiger partial charge in [0.1, 0.15) is 0 Å². The molecule has 0 unspecified atom stereocenters. The SMILES string of the molecule is CCCOc1ccccc1SC1=[C]([Ti+2])CC=C1.[Cl-].[Cl-]. The molecule has 5 heteroatoms. The Balaban J connectivity index is 0.00000162. The summed E-state index contributed by atoms with van der Waals surface area (Å²) < 4.78 is 7.21. The predicted molar refractivity (Wildman–Crippen MR) is 68.9 cm³/mol. The van der Waals surface area contributed by atoms with Gasteiger partial charge in [-0.2, -0.15) is 0 Å². The predicted octanol–water partition coefficient (Wildman–Crippen LogP) is -1.71. The average molecular weight is 350 g/mol. The summed E-state index contributed by atoms with van der Waals surface area (Å²) in [6.07, 6.45) is 6.55. The van der Waals surface area contributed by atoms with E-state index in [0.29, 0.717) is 0 Å². The number of hydrogen-bond donors (Lipinski definition) is 0. The van der Waals surface area contributed by atoms with Crippen molar-refractivity contribution in [3.8, 4) is 5.75 Å². The van der Waals surface area contributed by atoms with Crippen molar-refractivity contribution in [3.63, 3.8) is 0 Å². The zero-order valence-electron chi connectivity index (χ0n) is 10.7. The van der Waals surface area contributed by atoms with Crippen molar-refractivity contribution in [1.82, 2.24) is 0 Å². The molecule has 2 rings (SSSR count). The molecule has 1 aromatic rings. The minimum atomic E-state index is 0. The topological polar surface area (TPSA) is 9.23 Å². The average Bonchev–Trinajstić information content (AvgIpc) is 2.74. The minimum Gasteiger partial charge on any atom is -1.00 e. The fourth-order valence-corrected chi connectivity index (χ4v) is 3.10. The van der Waals surface area contributed by atoms with Gasteiger partial charge in [0.25, 0.3) is 0 Å². The van der Waals surface area contributed by atoms with Crippen molar-refractivity contribution >= 4 is 11.8 Å². The van der Waals surface area contributed by atoms with E-state index in [2.05, 4.69) is 51.6 Å². The molecule has 1 aromatic carbocycles. The Kier molecular flexibility index (Phi) is 10.0. The van der Waals surface area contributed by atoms with Crippen LogP contribution in [0.2, 0.25) is 0 Å². The Morgan fingerprint density at radius 3 is 2.63 bits per heavy atom. The largest absolute Gasteiger partial charge is 1.00 e. The molecule has 0 amide bonds. The number of hydrogen-bond acceptors (Lipinski definition) is 2. The number of thioether (sulfide) groups is 1. The van der Waals surface area contributed by atoms with Crippen molar-refractivity contribution in [1.29, 1.82) is 0 Å². The number of para-hydroxylation sites is 1. The molecule has 0 aromatic heterocycles. The van der Waals surface area contributed by atoms with E-state index in [9.17, 15) is 0 Å². The zero-order valence-corrected chi connectivity index (χ0v) is 14.5. The number of halogens is 2. The van der Waals surface area contributed by atoms with Gasteiger partial charge in [0.2, 0.25) is 0 Å². The molecule has 1 aliphatic carbocycles. The molecule has 1 aliphatic rings. The van der Waals surface area contributed by atoms with Gasteiger partial charge in [-0.1, -0.05) is 0 Å². The van der Waals surface area contributed by atoms with Crippen LogP contribution in [0.4, 0.5) is 0 Å². The third-order valence-corrected chi connectivity index (χ3v) is 4.60. The second kappa shape index (κ2) is 9.96. The summed E-state index contributed by atoms with van der Waals surface area (Å²) in [5.41, 5.74) is 0. The van der Waals surface area contributed by atoms with Gasteiger partial charge in [-0.3, -0.25) is 0 Å². The fraction of sp³-hybridized carbons (Fsp3) is 0.286. The van der Waals surface area contributed by atoms with Gasteiger partial charge < -0.3 is 24.8 Å². The van der Waals surface area contributed by atoms with E-state index in [1.165, 1.54) is 13.7 Å². The van der Waals surface area contributed by atoms with Gasteiger partial charge in [-0.25, -0.2) is 0 Å². The summed E-state index contributed by atoms with van der Waals surface area (Å²) in [6.45, 7) is 2.91. The third-order valence-electron chi connectivity index (χ3n) is 2.42. The van der Waals surface area contributed by atoms with Crippen molar-refractivity contribution in [2.75, 3.05) is 6.61 Å². The van der Waals surface area contributed by atoms with Gasteiger partial charge in [-0.05, 0) is 0 Å². The normalized spacial score (nSPS) is 13.0. The van der Waals surface area contributed by atoms with Crippen LogP contribution in [-0.4, -0.2) is 6.61 Å². The first-order valence-electron chi connectivity index (χ1n) is 5.82. The molecule has 0 spiro atoms. The zero-order chi connectivity index (χ0) is 12.1. The van der Waals surface area contributed by atoms with Crippen LogP contribution in [-0.2, 0) is 20.4 Å². The molecule has 0 saturated heterocycles. The Morgan fingerprint density at radius 1 is 1.26 bits per heavy atom. The molecular weight excluding hydrogens is 335 g/mol. The quantitative estimate of drug-likeness (QED) is 0.586. The third kappa shape index (κ3) is 5.57. The first kappa shape index (κ1) is 19.1. The second-order valence-corrected chi connectivity index (χ2v) is 5.87. The molecule has 0 aliphatic heterocycles. The Morgan fingerprint density at radius 2 is 2.00 bits per heavy atom. The number of ether oxygens (including phenoxy) is 1. The monoisotopic (exact) mass is 349 g/mol. The Bertz CT molecular complexity index is 461. The van der Waals surface area contributed by atoms with Gasteiger partial charge >= 0.3 is 119 Å². The molecular formula is C14H15Cl2OSTi. The summed E-state index contributed by atoms with van der Waals surface area (Å²) in [6, 6.07) is 8.27.